The Morgan fingerprint density at radius 3 is 2.71 bits per heavy atom. The highest BCUT2D eigenvalue weighted by molar-refractivity contribution is 5.93. The van der Waals surface area contributed by atoms with Crippen LogP contribution >= 0.6 is 0 Å². The first-order chi connectivity index (χ1) is 16.3. The fourth-order valence-electron chi connectivity index (χ4n) is 3.54. The van der Waals surface area contributed by atoms with Crippen LogP contribution in [0.3, 0.4) is 0 Å². The van der Waals surface area contributed by atoms with Crippen LogP contribution < -0.4 is 10.1 Å². The molecule has 1 fully saturated rings. The maximum Gasteiger partial charge on any atom is 0.252 e. The van der Waals surface area contributed by atoms with E-state index in [1.165, 1.54) is 12.8 Å². The average molecular weight is 462 g/mol. The first kappa shape index (κ1) is 22.0. The van der Waals surface area contributed by atoms with Crippen LogP contribution in [-0.4, -0.2) is 42.4 Å². The minimum Gasteiger partial charge on any atom is -0.470 e. The molecule has 10 heteroatoms. The Labute approximate surface area is 196 Å². The summed E-state index contributed by atoms with van der Waals surface area (Å²) in [6.07, 6.45) is 3.97. The lowest BCUT2D eigenvalue weighted by Gasteiger charge is -2.21. The van der Waals surface area contributed by atoms with Gasteiger partial charge in [0.25, 0.3) is 5.91 Å². The third-order valence-electron chi connectivity index (χ3n) is 5.72. The molecule has 176 valence electrons. The van der Waals surface area contributed by atoms with Crippen molar-refractivity contribution in [3.8, 4) is 17.4 Å². The number of carbonyl (C=O) groups excluding carboxylic acids is 1. The molecule has 0 aromatic carbocycles. The van der Waals surface area contributed by atoms with Crippen molar-refractivity contribution in [3.63, 3.8) is 0 Å². The van der Waals surface area contributed by atoms with E-state index in [0.29, 0.717) is 46.0 Å². The van der Waals surface area contributed by atoms with Crippen LogP contribution in [0.5, 0.6) is 5.88 Å². The Morgan fingerprint density at radius 1 is 1.24 bits per heavy atom. The molecule has 0 unspecified atom stereocenters. The lowest BCUT2D eigenvalue weighted by atomic mass is 9.88. The number of nitrogens with one attached hydrogen (secondary N) is 1. The molecule has 0 saturated heterocycles. The van der Waals surface area contributed by atoms with Gasteiger partial charge in [0.2, 0.25) is 11.7 Å². The van der Waals surface area contributed by atoms with Crippen molar-refractivity contribution >= 4 is 11.6 Å². The molecular weight excluding hydrogens is 434 g/mol. The molecule has 34 heavy (non-hydrogen) atoms. The quantitative estimate of drug-likeness (QED) is 0.444. The molecule has 1 amide bonds. The molecule has 0 bridgehead atoms. The number of aryl methyl sites for hydroxylation is 1. The number of amides is 1. The number of aromatic nitrogens is 6. The van der Waals surface area contributed by atoms with Gasteiger partial charge >= 0.3 is 0 Å². The van der Waals surface area contributed by atoms with Crippen molar-refractivity contribution < 1.29 is 14.1 Å². The Balaban J connectivity index is 1.38. The van der Waals surface area contributed by atoms with Gasteiger partial charge in [-0.2, -0.15) is 4.52 Å². The summed E-state index contributed by atoms with van der Waals surface area (Å²) >= 11 is 0. The zero-order valence-electron chi connectivity index (χ0n) is 19.7. The molecule has 1 N–H and O–H groups in total. The van der Waals surface area contributed by atoms with Gasteiger partial charge in [-0.05, 0) is 49.3 Å². The topological polar surface area (TPSA) is 120 Å². The molecule has 1 saturated carbocycles. The fourth-order valence-corrected chi connectivity index (χ4v) is 3.54. The third kappa shape index (κ3) is 4.61. The zero-order chi connectivity index (χ0) is 23.9. The van der Waals surface area contributed by atoms with Gasteiger partial charge in [-0.15, -0.1) is 15.3 Å². The molecule has 4 aromatic rings. The summed E-state index contributed by atoms with van der Waals surface area (Å²) in [5, 5.41) is 20.2. The maximum absolute atomic E-state index is 12.3. The van der Waals surface area contributed by atoms with Gasteiger partial charge in [0.05, 0.1) is 11.3 Å². The summed E-state index contributed by atoms with van der Waals surface area (Å²) in [5.41, 5.74) is 3.02. The summed E-state index contributed by atoms with van der Waals surface area (Å²) in [6.45, 7) is 8.99. The Bertz CT molecular complexity index is 1330. The van der Waals surface area contributed by atoms with Gasteiger partial charge in [0.1, 0.15) is 12.4 Å². The van der Waals surface area contributed by atoms with E-state index in [2.05, 4.69) is 46.4 Å². The molecule has 4 heterocycles. The van der Waals surface area contributed by atoms with E-state index in [1.54, 1.807) is 28.9 Å². The van der Waals surface area contributed by atoms with Gasteiger partial charge < -0.3 is 14.6 Å². The Morgan fingerprint density at radius 2 is 2.06 bits per heavy atom. The highest BCUT2D eigenvalue weighted by Gasteiger charge is 2.25. The molecule has 1 aliphatic rings. The second-order valence-electron chi connectivity index (χ2n) is 9.71. The number of nitrogens with zero attached hydrogens (tertiary/aromatic N) is 6. The number of hydrogen-bond acceptors (Lipinski definition) is 8. The van der Waals surface area contributed by atoms with Crippen LogP contribution in [0.1, 0.15) is 61.0 Å². The van der Waals surface area contributed by atoms with Crippen molar-refractivity contribution in [1.82, 2.24) is 35.3 Å². The van der Waals surface area contributed by atoms with Gasteiger partial charge in [0, 0.05) is 24.4 Å². The van der Waals surface area contributed by atoms with Gasteiger partial charge in [0.15, 0.2) is 11.3 Å². The van der Waals surface area contributed by atoms with Crippen molar-refractivity contribution in [2.45, 2.75) is 52.6 Å². The van der Waals surface area contributed by atoms with E-state index >= 15 is 0 Å². The molecule has 0 radical (unpaired) electrons. The number of fused-ring (bicyclic) bond motifs is 1. The second-order valence-corrected chi connectivity index (χ2v) is 9.71. The first-order valence-corrected chi connectivity index (χ1v) is 11.3. The SMILES string of the molecule is Cc1cc(-c2nnc3cc(C(C)(C)C)c(OCc4ccc(C(=O)NCC5CC5)cn4)nn23)no1. The van der Waals surface area contributed by atoms with Crippen LogP contribution in [0.15, 0.2) is 35.0 Å². The number of rotatable bonds is 7. The predicted molar refractivity (Wildman–Crippen MR) is 123 cm³/mol. The molecular formula is C24H27N7O3. The number of carbonyl (C=O) groups is 1. The van der Waals surface area contributed by atoms with Crippen LogP contribution in [0.2, 0.25) is 0 Å². The standard InChI is InChI=1S/C24H27N7O3/c1-14-9-19(30-34-14)21-28-27-20-10-18(24(2,3)4)23(29-31(20)21)33-13-17-8-7-16(12-25-17)22(32)26-11-15-5-6-15/h7-10,12,15H,5-6,11,13H2,1-4H3,(H,26,32). The minimum absolute atomic E-state index is 0.0998. The van der Waals surface area contributed by atoms with E-state index in [0.717, 1.165) is 12.1 Å². The molecule has 4 aromatic heterocycles. The first-order valence-electron chi connectivity index (χ1n) is 11.3. The van der Waals surface area contributed by atoms with Crippen LogP contribution in [0.4, 0.5) is 0 Å². The smallest absolute Gasteiger partial charge is 0.252 e. The second kappa shape index (κ2) is 8.51. The number of ether oxygens (including phenoxy) is 1. The molecule has 1 aliphatic carbocycles. The van der Waals surface area contributed by atoms with Crippen molar-refractivity contribution in [2.75, 3.05) is 6.54 Å². The summed E-state index contributed by atoms with van der Waals surface area (Å²) in [6, 6.07) is 7.26. The highest BCUT2D eigenvalue weighted by atomic mass is 16.5. The van der Waals surface area contributed by atoms with E-state index in [9.17, 15) is 4.79 Å². The van der Waals surface area contributed by atoms with Crippen LogP contribution in [0.25, 0.3) is 17.2 Å². The summed E-state index contributed by atoms with van der Waals surface area (Å²) in [4.78, 5) is 16.7. The Kier molecular flexibility index (Phi) is 5.51. The average Bonchev–Trinajstić information content (AvgIpc) is 3.40. The van der Waals surface area contributed by atoms with Crippen LogP contribution in [0, 0.1) is 12.8 Å². The highest BCUT2D eigenvalue weighted by Crippen LogP contribution is 2.32. The normalized spacial score (nSPS) is 13.9. The van der Waals surface area contributed by atoms with Crippen molar-refractivity contribution in [3.05, 3.63) is 53.0 Å². The molecule has 5 rings (SSSR count). The molecule has 10 nitrogen and oxygen atoms in total. The molecule has 0 aliphatic heterocycles. The number of hydrogen-bond donors (Lipinski definition) is 1. The lowest BCUT2D eigenvalue weighted by Crippen LogP contribution is -2.25. The summed E-state index contributed by atoms with van der Waals surface area (Å²) < 4.78 is 12.9. The van der Waals surface area contributed by atoms with E-state index in [4.69, 9.17) is 14.4 Å². The zero-order valence-corrected chi connectivity index (χ0v) is 19.7. The number of pyridine rings is 1. The summed E-state index contributed by atoms with van der Waals surface area (Å²) in [5.74, 6) is 2.12. The largest absolute Gasteiger partial charge is 0.470 e. The molecule has 0 atom stereocenters. The van der Waals surface area contributed by atoms with Gasteiger partial charge in [-0.3, -0.25) is 9.78 Å². The van der Waals surface area contributed by atoms with E-state index in [-0.39, 0.29) is 17.9 Å². The fraction of sp³-hybridized carbons (Fsp3) is 0.417. The lowest BCUT2D eigenvalue weighted by molar-refractivity contribution is 0.0951. The third-order valence-corrected chi connectivity index (χ3v) is 5.72. The molecule has 0 spiro atoms. The predicted octanol–water partition coefficient (Wildman–Crippen LogP) is 3.50. The minimum atomic E-state index is -0.238. The van der Waals surface area contributed by atoms with Crippen molar-refractivity contribution in [2.24, 2.45) is 5.92 Å². The van der Waals surface area contributed by atoms with Gasteiger partial charge in [-0.1, -0.05) is 25.9 Å². The Hall–Kier alpha value is -3.82. The monoisotopic (exact) mass is 461 g/mol. The van der Waals surface area contributed by atoms with Crippen LogP contribution in [-0.2, 0) is 12.0 Å². The maximum atomic E-state index is 12.3. The van der Waals surface area contributed by atoms with E-state index in [1.807, 2.05) is 13.0 Å². The van der Waals surface area contributed by atoms with E-state index < -0.39 is 0 Å². The van der Waals surface area contributed by atoms with Gasteiger partial charge in [-0.25, -0.2) is 0 Å². The van der Waals surface area contributed by atoms with Crippen molar-refractivity contribution in [1.29, 1.82) is 0 Å². The summed E-state index contributed by atoms with van der Waals surface area (Å²) in [7, 11) is 0.